The molecule has 2 aromatic rings. The molecule has 0 saturated carbocycles. The fraction of sp³-hybridized carbons (Fsp3) is 0.357. The molecule has 3 heteroatoms. The lowest BCUT2D eigenvalue weighted by atomic mass is 10.1. The minimum Gasteiger partial charge on any atom is -0.383 e. The minimum atomic E-state index is 0.149. The number of nitrogens with zero attached hydrogens (tertiary/aromatic N) is 1. The van der Waals surface area contributed by atoms with Gasteiger partial charge in [-0.25, -0.2) is 0 Å². The van der Waals surface area contributed by atoms with Gasteiger partial charge in [0.2, 0.25) is 0 Å². The molecule has 0 aliphatic heterocycles. The van der Waals surface area contributed by atoms with Crippen LogP contribution in [-0.4, -0.2) is 25.2 Å². The topological polar surface area (TPSA) is 34.1 Å². The number of aromatic nitrogens is 1. The van der Waals surface area contributed by atoms with E-state index in [2.05, 4.69) is 29.4 Å². The van der Waals surface area contributed by atoms with Crippen molar-refractivity contribution in [3.63, 3.8) is 0 Å². The quantitative estimate of drug-likeness (QED) is 0.857. The first-order chi connectivity index (χ1) is 8.36. The van der Waals surface area contributed by atoms with E-state index >= 15 is 0 Å². The van der Waals surface area contributed by atoms with Crippen molar-refractivity contribution in [3.8, 4) is 0 Å². The number of hydrogen-bond donors (Lipinski definition) is 1. The zero-order valence-corrected chi connectivity index (χ0v) is 10.3. The van der Waals surface area contributed by atoms with Gasteiger partial charge in [-0.05, 0) is 18.0 Å². The third kappa shape index (κ3) is 2.62. The number of rotatable bonds is 5. The highest BCUT2D eigenvalue weighted by Gasteiger charge is 2.14. The Labute approximate surface area is 102 Å². The molecule has 2 rings (SSSR count). The molecule has 17 heavy (non-hydrogen) atoms. The highest BCUT2D eigenvalue weighted by Crippen LogP contribution is 2.22. The van der Waals surface area contributed by atoms with E-state index in [-0.39, 0.29) is 6.04 Å². The van der Waals surface area contributed by atoms with Crippen molar-refractivity contribution < 1.29 is 4.74 Å². The Morgan fingerprint density at radius 1 is 1.29 bits per heavy atom. The van der Waals surface area contributed by atoms with Gasteiger partial charge in [-0.15, -0.1) is 0 Å². The second kappa shape index (κ2) is 5.75. The normalized spacial score (nSPS) is 12.8. The molecule has 1 unspecified atom stereocenters. The number of fused-ring (bicyclic) bond motifs is 1. The van der Waals surface area contributed by atoms with Crippen LogP contribution in [0.4, 0.5) is 0 Å². The zero-order chi connectivity index (χ0) is 12.1. The molecule has 1 aromatic heterocycles. The third-order valence-electron chi connectivity index (χ3n) is 2.82. The molecule has 0 aliphatic carbocycles. The summed E-state index contributed by atoms with van der Waals surface area (Å²) in [5, 5.41) is 5.82. The van der Waals surface area contributed by atoms with Gasteiger partial charge < -0.3 is 10.1 Å². The Morgan fingerprint density at radius 2 is 2.12 bits per heavy atom. The van der Waals surface area contributed by atoms with Crippen LogP contribution in [0.5, 0.6) is 0 Å². The van der Waals surface area contributed by atoms with E-state index in [0.29, 0.717) is 6.61 Å². The standard InChI is InChI=1S/C14H18N2O/c1-3-15-13(10-17-2)14-12-7-5-4-6-11(12)8-9-16-14/h4-9,13,15H,3,10H2,1-2H3. The minimum absolute atomic E-state index is 0.149. The highest BCUT2D eigenvalue weighted by atomic mass is 16.5. The van der Waals surface area contributed by atoms with E-state index < -0.39 is 0 Å². The van der Waals surface area contributed by atoms with Crippen LogP contribution < -0.4 is 5.32 Å². The second-order valence-electron chi connectivity index (χ2n) is 3.98. The number of likely N-dealkylation sites (N-methyl/N-ethyl adjacent to an activating group) is 1. The maximum atomic E-state index is 5.26. The number of nitrogens with one attached hydrogen (secondary N) is 1. The number of hydrogen-bond acceptors (Lipinski definition) is 3. The van der Waals surface area contributed by atoms with Crippen LogP contribution in [0.15, 0.2) is 36.5 Å². The van der Waals surface area contributed by atoms with Gasteiger partial charge >= 0.3 is 0 Å². The van der Waals surface area contributed by atoms with E-state index in [1.807, 2.05) is 24.4 Å². The molecule has 0 bridgehead atoms. The van der Waals surface area contributed by atoms with Gasteiger partial charge in [0.1, 0.15) is 0 Å². The summed E-state index contributed by atoms with van der Waals surface area (Å²) >= 11 is 0. The summed E-state index contributed by atoms with van der Waals surface area (Å²) < 4.78 is 5.26. The number of ether oxygens (including phenoxy) is 1. The zero-order valence-electron chi connectivity index (χ0n) is 10.3. The van der Waals surface area contributed by atoms with Crippen LogP contribution in [0, 0.1) is 0 Å². The Hall–Kier alpha value is -1.45. The van der Waals surface area contributed by atoms with E-state index in [1.165, 1.54) is 10.8 Å². The summed E-state index contributed by atoms with van der Waals surface area (Å²) in [5.74, 6) is 0. The van der Waals surface area contributed by atoms with Crippen LogP contribution in [0.1, 0.15) is 18.7 Å². The van der Waals surface area contributed by atoms with Crippen LogP contribution in [-0.2, 0) is 4.74 Å². The first-order valence-corrected chi connectivity index (χ1v) is 5.92. The lowest BCUT2D eigenvalue weighted by Crippen LogP contribution is -2.26. The van der Waals surface area contributed by atoms with Gasteiger partial charge in [0.05, 0.1) is 18.3 Å². The fourth-order valence-electron chi connectivity index (χ4n) is 2.07. The molecular formula is C14H18N2O. The molecule has 1 N–H and O–H groups in total. The predicted molar refractivity (Wildman–Crippen MR) is 70.0 cm³/mol. The SMILES string of the molecule is CCNC(COC)c1nccc2ccccc12. The van der Waals surface area contributed by atoms with Gasteiger partial charge in [-0.1, -0.05) is 31.2 Å². The monoisotopic (exact) mass is 230 g/mol. The Balaban J connectivity index is 2.44. The van der Waals surface area contributed by atoms with E-state index in [0.717, 1.165) is 12.2 Å². The summed E-state index contributed by atoms with van der Waals surface area (Å²) in [4.78, 5) is 4.50. The molecule has 90 valence electrons. The van der Waals surface area contributed by atoms with Gasteiger partial charge in [0, 0.05) is 18.7 Å². The smallest absolute Gasteiger partial charge is 0.0738 e. The Kier molecular flexibility index (Phi) is 4.07. The molecule has 0 aliphatic rings. The van der Waals surface area contributed by atoms with Crippen molar-refractivity contribution in [1.29, 1.82) is 0 Å². The second-order valence-corrected chi connectivity index (χ2v) is 3.98. The highest BCUT2D eigenvalue weighted by molar-refractivity contribution is 5.84. The lowest BCUT2D eigenvalue weighted by molar-refractivity contribution is 0.167. The third-order valence-corrected chi connectivity index (χ3v) is 2.82. The Morgan fingerprint density at radius 3 is 2.88 bits per heavy atom. The van der Waals surface area contributed by atoms with Crippen molar-refractivity contribution in [2.24, 2.45) is 0 Å². The molecule has 0 fully saturated rings. The molecule has 1 atom stereocenters. The van der Waals surface area contributed by atoms with Crippen molar-refractivity contribution >= 4 is 10.8 Å². The average molecular weight is 230 g/mol. The van der Waals surface area contributed by atoms with Crippen molar-refractivity contribution in [2.45, 2.75) is 13.0 Å². The molecule has 0 spiro atoms. The molecule has 1 heterocycles. The lowest BCUT2D eigenvalue weighted by Gasteiger charge is -2.18. The molecule has 3 nitrogen and oxygen atoms in total. The maximum absolute atomic E-state index is 5.26. The molecule has 0 saturated heterocycles. The van der Waals surface area contributed by atoms with Crippen LogP contribution in [0.25, 0.3) is 10.8 Å². The predicted octanol–water partition coefficient (Wildman–Crippen LogP) is 2.53. The molecular weight excluding hydrogens is 212 g/mol. The fourth-order valence-corrected chi connectivity index (χ4v) is 2.07. The van der Waals surface area contributed by atoms with E-state index in [4.69, 9.17) is 4.74 Å². The summed E-state index contributed by atoms with van der Waals surface area (Å²) in [6.07, 6.45) is 1.86. The maximum Gasteiger partial charge on any atom is 0.0738 e. The number of pyridine rings is 1. The number of benzene rings is 1. The van der Waals surface area contributed by atoms with Gasteiger partial charge in [0.15, 0.2) is 0 Å². The van der Waals surface area contributed by atoms with Crippen LogP contribution in [0.2, 0.25) is 0 Å². The summed E-state index contributed by atoms with van der Waals surface area (Å²) in [6, 6.07) is 10.5. The average Bonchev–Trinajstić information content (AvgIpc) is 2.38. The van der Waals surface area contributed by atoms with E-state index in [9.17, 15) is 0 Å². The summed E-state index contributed by atoms with van der Waals surface area (Å²) in [5.41, 5.74) is 1.06. The number of methoxy groups -OCH3 is 1. The van der Waals surface area contributed by atoms with E-state index in [1.54, 1.807) is 7.11 Å². The summed E-state index contributed by atoms with van der Waals surface area (Å²) in [6.45, 7) is 3.63. The van der Waals surface area contributed by atoms with Gasteiger partial charge in [0.25, 0.3) is 0 Å². The first kappa shape index (κ1) is 12.0. The molecule has 1 aromatic carbocycles. The summed E-state index contributed by atoms with van der Waals surface area (Å²) in [7, 11) is 1.72. The van der Waals surface area contributed by atoms with Crippen molar-refractivity contribution in [3.05, 3.63) is 42.2 Å². The van der Waals surface area contributed by atoms with Crippen LogP contribution in [0.3, 0.4) is 0 Å². The van der Waals surface area contributed by atoms with Crippen molar-refractivity contribution in [1.82, 2.24) is 10.3 Å². The largest absolute Gasteiger partial charge is 0.383 e. The molecule has 0 amide bonds. The van der Waals surface area contributed by atoms with Crippen molar-refractivity contribution in [2.75, 3.05) is 20.3 Å². The Bertz CT molecular complexity index is 473. The van der Waals surface area contributed by atoms with Crippen LogP contribution >= 0.6 is 0 Å². The first-order valence-electron chi connectivity index (χ1n) is 5.92. The van der Waals surface area contributed by atoms with Gasteiger partial charge in [-0.2, -0.15) is 0 Å². The molecule has 0 radical (unpaired) electrons. The van der Waals surface area contributed by atoms with Gasteiger partial charge in [-0.3, -0.25) is 4.98 Å².